The van der Waals surface area contributed by atoms with E-state index in [1.807, 2.05) is 20.8 Å². The number of aliphatic hydroxyl groups is 1. The Kier molecular flexibility index (Phi) is 14.9. The molecule has 7 heteroatoms. The van der Waals surface area contributed by atoms with Crippen LogP contribution in [0.3, 0.4) is 0 Å². The van der Waals surface area contributed by atoms with Crippen LogP contribution in [0.4, 0.5) is 0 Å². The summed E-state index contributed by atoms with van der Waals surface area (Å²) >= 11 is 0. The van der Waals surface area contributed by atoms with Crippen LogP contribution in [-0.4, -0.2) is 40.5 Å². The molecule has 0 aromatic rings. The molecule has 7 nitrogen and oxygen atoms in total. The number of unbranched alkanes of at least 4 members (excludes halogenated alkanes) is 11. The van der Waals surface area contributed by atoms with E-state index in [9.17, 15) is 20.0 Å². The molecule has 0 radical (unpaired) electrons. The van der Waals surface area contributed by atoms with Gasteiger partial charge < -0.3 is 14.6 Å². The Labute approximate surface area is 207 Å². The minimum absolute atomic E-state index is 0.293. The average Bonchev–Trinajstić information content (AvgIpc) is 2.77. The second-order valence-electron chi connectivity index (χ2n) is 11.2. The van der Waals surface area contributed by atoms with Crippen molar-refractivity contribution in [2.75, 3.05) is 0 Å². The standard InChI is InChI=1S/C27H51NO6/c1-6-8-10-12-13-14-15-16-18-20-22(28(31)32)23(29)24-21(19-17-11-9-7-2)25(30)34-26(33-24)27(3,4)5/h21-24,26,29H,6-20H2,1-5H3/t21-,22?,23-,24+,26-/m0/s1. The molecular weight excluding hydrogens is 434 g/mol. The lowest BCUT2D eigenvalue weighted by Crippen LogP contribution is -2.56. The normalized spacial score (nSPS) is 22.9. The van der Waals surface area contributed by atoms with Crippen LogP contribution >= 0.6 is 0 Å². The molecule has 1 unspecified atom stereocenters. The Balaban J connectivity index is 2.72. The van der Waals surface area contributed by atoms with Crippen LogP contribution in [0.1, 0.15) is 131 Å². The Morgan fingerprint density at radius 2 is 1.41 bits per heavy atom. The highest BCUT2D eigenvalue weighted by molar-refractivity contribution is 5.74. The zero-order chi connectivity index (χ0) is 25.6. The number of cyclic esters (lactones) is 1. The predicted molar refractivity (Wildman–Crippen MR) is 135 cm³/mol. The number of esters is 1. The molecule has 0 bridgehead atoms. The third kappa shape index (κ3) is 11.0. The van der Waals surface area contributed by atoms with Crippen molar-refractivity contribution < 1.29 is 24.3 Å². The van der Waals surface area contributed by atoms with Gasteiger partial charge in [0.25, 0.3) is 0 Å². The van der Waals surface area contributed by atoms with Gasteiger partial charge in [0.15, 0.2) is 0 Å². The third-order valence-electron chi connectivity index (χ3n) is 6.88. The Bertz CT molecular complexity index is 576. The van der Waals surface area contributed by atoms with Gasteiger partial charge in [0.1, 0.15) is 12.2 Å². The smallest absolute Gasteiger partial charge is 0.314 e. The van der Waals surface area contributed by atoms with E-state index < -0.39 is 41.8 Å². The monoisotopic (exact) mass is 485 g/mol. The van der Waals surface area contributed by atoms with Crippen molar-refractivity contribution in [3.8, 4) is 0 Å². The van der Waals surface area contributed by atoms with E-state index in [4.69, 9.17) is 9.47 Å². The summed E-state index contributed by atoms with van der Waals surface area (Å²) in [5.74, 6) is -1.08. The summed E-state index contributed by atoms with van der Waals surface area (Å²) in [6.45, 7) is 10.0. The molecule has 0 aromatic carbocycles. The lowest BCUT2D eigenvalue weighted by Gasteiger charge is -2.42. The lowest BCUT2D eigenvalue weighted by atomic mass is 9.85. The second-order valence-corrected chi connectivity index (χ2v) is 11.2. The first-order valence-corrected chi connectivity index (χ1v) is 13.8. The van der Waals surface area contributed by atoms with Gasteiger partial charge in [-0.1, -0.05) is 112 Å². The van der Waals surface area contributed by atoms with Gasteiger partial charge in [-0.15, -0.1) is 0 Å². The van der Waals surface area contributed by atoms with Gasteiger partial charge >= 0.3 is 5.97 Å². The number of carbonyl (C=O) groups excluding carboxylic acids is 1. The van der Waals surface area contributed by atoms with Crippen molar-refractivity contribution in [3.63, 3.8) is 0 Å². The van der Waals surface area contributed by atoms with Gasteiger partial charge in [-0.25, -0.2) is 0 Å². The van der Waals surface area contributed by atoms with Crippen molar-refractivity contribution in [1.82, 2.24) is 0 Å². The summed E-state index contributed by atoms with van der Waals surface area (Å²) in [6, 6.07) is -1.14. The van der Waals surface area contributed by atoms with Crippen LogP contribution < -0.4 is 0 Å². The molecule has 1 fully saturated rings. The molecule has 0 saturated carbocycles. The predicted octanol–water partition coefficient (Wildman–Crippen LogP) is 6.81. The van der Waals surface area contributed by atoms with Crippen molar-refractivity contribution >= 4 is 5.97 Å². The molecule has 1 heterocycles. The first kappa shape index (κ1) is 30.8. The first-order chi connectivity index (χ1) is 16.1. The van der Waals surface area contributed by atoms with E-state index in [0.717, 1.165) is 44.9 Å². The topological polar surface area (TPSA) is 98.9 Å². The zero-order valence-corrected chi connectivity index (χ0v) is 22.4. The maximum absolute atomic E-state index is 12.9. The number of nitro groups is 1. The molecule has 5 atom stereocenters. The fourth-order valence-corrected chi connectivity index (χ4v) is 4.65. The molecule has 1 aliphatic rings. The summed E-state index contributed by atoms with van der Waals surface area (Å²) < 4.78 is 11.6. The van der Waals surface area contributed by atoms with E-state index >= 15 is 0 Å². The molecule has 1 aliphatic heterocycles. The van der Waals surface area contributed by atoms with Crippen LogP contribution in [0.2, 0.25) is 0 Å². The van der Waals surface area contributed by atoms with Crippen molar-refractivity contribution in [1.29, 1.82) is 0 Å². The Morgan fingerprint density at radius 1 is 0.912 bits per heavy atom. The Hall–Kier alpha value is -1.21. The average molecular weight is 486 g/mol. The SMILES string of the molecule is CCCCCCCCCCCC([C@H](O)[C@@H]1O[C@H](C(C)(C)C)OC(=O)[C@H]1CCCCCC)[N+](=O)[O-]. The number of aliphatic hydroxyl groups excluding tert-OH is 1. The minimum atomic E-state index is -1.34. The maximum Gasteiger partial charge on any atom is 0.314 e. The quantitative estimate of drug-likeness (QED) is 0.0990. The molecule has 0 aromatic heterocycles. The summed E-state index contributed by atoms with van der Waals surface area (Å²) in [4.78, 5) is 24.4. The summed E-state index contributed by atoms with van der Waals surface area (Å²) in [6.07, 6.45) is 11.8. The molecule has 0 amide bonds. The van der Waals surface area contributed by atoms with Gasteiger partial charge in [0.2, 0.25) is 12.3 Å². The number of hydrogen-bond acceptors (Lipinski definition) is 6. The number of rotatable bonds is 18. The molecule has 200 valence electrons. The van der Waals surface area contributed by atoms with Crippen LogP contribution in [0, 0.1) is 21.4 Å². The first-order valence-electron chi connectivity index (χ1n) is 13.8. The van der Waals surface area contributed by atoms with E-state index in [1.54, 1.807) is 0 Å². The van der Waals surface area contributed by atoms with Crippen LogP contribution in [0.15, 0.2) is 0 Å². The van der Waals surface area contributed by atoms with Crippen LogP contribution in [0.25, 0.3) is 0 Å². The molecule has 1 saturated heterocycles. The number of hydrogen-bond donors (Lipinski definition) is 1. The van der Waals surface area contributed by atoms with E-state index in [1.165, 1.54) is 32.1 Å². The van der Waals surface area contributed by atoms with Crippen molar-refractivity contribution in [2.45, 2.75) is 155 Å². The molecule has 0 spiro atoms. The van der Waals surface area contributed by atoms with Gasteiger partial charge in [-0.3, -0.25) is 14.9 Å². The van der Waals surface area contributed by atoms with Crippen LogP contribution in [-0.2, 0) is 14.3 Å². The summed E-state index contributed by atoms with van der Waals surface area (Å²) in [5.41, 5.74) is -0.484. The van der Waals surface area contributed by atoms with Crippen molar-refractivity contribution in [2.24, 2.45) is 11.3 Å². The third-order valence-corrected chi connectivity index (χ3v) is 6.88. The number of carbonyl (C=O) groups is 1. The highest BCUT2D eigenvalue weighted by Gasteiger charge is 2.50. The largest absolute Gasteiger partial charge is 0.435 e. The molecule has 1 rings (SSSR count). The highest BCUT2D eigenvalue weighted by Crippen LogP contribution is 2.36. The number of ether oxygens (including phenoxy) is 2. The lowest BCUT2D eigenvalue weighted by molar-refractivity contribution is -0.540. The minimum Gasteiger partial charge on any atom is -0.435 e. The van der Waals surface area contributed by atoms with Crippen LogP contribution in [0.5, 0.6) is 0 Å². The second kappa shape index (κ2) is 16.5. The van der Waals surface area contributed by atoms with E-state index in [0.29, 0.717) is 19.3 Å². The van der Waals surface area contributed by atoms with Gasteiger partial charge in [0.05, 0.1) is 5.92 Å². The molecule has 1 N–H and O–H groups in total. The molecule has 0 aliphatic carbocycles. The van der Waals surface area contributed by atoms with Gasteiger partial charge in [0, 0.05) is 16.8 Å². The highest BCUT2D eigenvalue weighted by atomic mass is 16.7. The maximum atomic E-state index is 12.9. The summed E-state index contributed by atoms with van der Waals surface area (Å²) in [5, 5.41) is 23.0. The molecular formula is C27H51NO6. The Morgan fingerprint density at radius 3 is 1.91 bits per heavy atom. The van der Waals surface area contributed by atoms with Gasteiger partial charge in [-0.2, -0.15) is 0 Å². The fourth-order valence-electron chi connectivity index (χ4n) is 4.65. The number of nitrogens with zero attached hydrogens (tertiary/aromatic N) is 1. The molecule has 34 heavy (non-hydrogen) atoms. The van der Waals surface area contributed by atoms with Gasteiger partial charge in [-0.05, 0) is 12.8 Å². The zero-order valence-electron chi connectivity index (χ0n) is 22.4. The van der Waals surface area contributed by atoms with Crippen molar-refractivity contribution in [3.05, 3.63) is 10.1 Å². The van der Waals surface area contributed by atoms with E-state index in [-0.39, 0.29) is 4.92 Å². The van der Waals surface area contributed by atoms with E-state index in [2.05, 4.69) is 13.8 Å². The fraction of sp³-hybridized carbons (Fsp3) is 0.963. The summed E-state index contributed by atoms with van der Waals surface area (Å²) in [7, 11) is 0.